The number of nitrogens with zero attached hydrogens (tertiary/aromatic N) is 1. The van der Waals surface area contributed by atoms with Crippen LogP contribution in [0.5, 0.6) is 0 Å². The zero-order chi connectivity index (χ0) is 15.6. The van der Waals surface area contributed by atoms with Gasteiger partial charge < -0.3 is 5.73 Å². The van der Waals surface area contributed by atoms with Crippen LogP contribution in [0.1, 0.15) is 65.1 Å². The fourth-order valence-electron chi connectivity index (χ4n) is 2.39. The number of hydrogen-bond donors (Lipinski definition) is 1. The van der Waals surface area contributed by atoms with Crippen molar-refractivity contribution in [2.24, 2.45) is 5.73 Å². The minimum absolute atomic E-state index is 0.159. The molecule has 1 aromatic carbocycles. The molecule has 114 valence electrons. The van der Waals surface area contributed by atoms with Crippen LogP contribution in [0.25, 0.3) is 0 Å². The topological polar surface area (TPSA) is 29.3 Å². The largest absolute Gasteiger partial charge is 0.329 e. The molecule has 0 radical (unpaired) electrons. The first-order valence-electron chi connectivity index (χ1n) is 7.67. The molecule has 0 aliphatic rings. The standard InChI is InChI=1S/C18H32N2/c1-8-18(5,6)20(7)16(13-19)14-9-11-15(12-10-14)17(2,3)4/h9-12,16H,8,13,19H2,1-7H3. The van der Waals surface area contributed by atoms with E-state index in [9.17, 15) is 0 Å². The monoisotopic (exact) mass is 276 g/mol. The molecule has 2 nitrogen and oxygen atoms in total. The molecule has 2 heteroatoms. The van der Waals surface area contributed by atoms with E-state index in [-0.39, 0.29) is 17.0 Å². The van der Waals surface area contributed by atoms with Crippen molar-refractivity contribution in [2.75, 3.05) is 13.6 Å². The lowest BCUT2D eigenvalue weighted by molar-refractivity contribution is 0.100. The molecule has 1 unspecified atom stereocenters. The molecular formula is C18H32N2. The van der Waals surface area contributed by atoms with Gasteiger partial charge in [0.25, 0.3) is 0 Å². The number of benzene rings is 1. The van der Waals surface area contributed by atoms with Crippen molar-refractivity contribution in [3.8, 4) is 0 Å². The molecule has 0 saturated heterocycles. The minimum atomic E-state index is 0.159. The lowest BCUT2D eigenvalue weighted by Gasteiger charge is -2.40. The smallest absolute Gasteiger partial charge is 0.0472 e. The third-order valence-electron chi connectivity index (χ3n) is 4.67. The lowest BCUT2D eigenvalue weighted by Crippen LogP contribution is -2.45. The summed E-state index contributed by atoms with van der Waals surface area (Å²) in [6.45, 7) is 14.2. The van der Waals surface area contributed by atoms with Crippen molar-refractivity contribution in [3.63, 3.8) is 0 Å². The molecule has 0 bridgehead atoms. The Bertz CT molecular complexity index is 412. The summed E-state index contributed by atoms with van der Waals surface area (Å²) in [5.41, 5.74) is 9.08. The number of rotatable bonds is 5. The van der Waals surface area contributed by atoms with E-state index in [0.29, 0.717) is 6.54 Å². The van der Waals surface area contributed by atoms with Crippen molar-refractivity contribution in [3.05, 3.63) is 35.4 Å². The summed E-state index contributed by atoms with van der Waals surface area (Å²) in [5, 5.41) is 0. The van der Waals surface area contributed by atoms with Gasteiger partial charge in [-0.3, -0.25) is 4.90 Å². The summed E-state index contributed by atoms with van der Waals surface area (Å²) in [5.74, 6) is 0. The first kappa shape index (κ1) is 17.2. The Morgan fingerprint density at radius 1 is 1.05 bits per heavy atom. The molecule has 0 heterocycles. The third kappa shape index (κ3) is 3.83. The summed E-state index contributed by atoms with van der Waals surface area (Å²) in [7, 11) is 2.18. The Morgan fingerprint density at radius 3 is 1.90 bits per heavy atom. The Labute approximate surface area is 125 Å². The summed E-state index contributed by atoms with van der Waals surface area (Å²) < 4.78 is 0. The molecule has 2 N–H and O–H groups in total. The molecule has 0 aliphatic carbocycles. The highest BCUT2D eigenvalue weighted by atomic mass is 15.2. The molecule has 0 aliphatic heterocycles. The minimum Gasteiger partial charge on any atom is -0.329 e. The summed E-state index contributed by atoms with van der Waals surface area (Å²) in [6, 6.07) is 9.23. The van der Waals surface area contributed by atoms with Crippen LogP contribution in [-0.4, -0.2) is 24.0 Å². The highest BCUT2D eigenvalue weighted by Gasteiger charge is 2.28. The maximum atomic E-state index is 6.04. The van der Waals surface area contributed by atoms with E-state index in [4.69, 9.17) is 5.73 Å². The maximum absolute atomic E-state index is 6.04. The molecule has 0 amide bonds. The SMILES string of the molecule is CCC(C)(C)N(C)C(CN)c1ccc(C(C)(C)C)cc1. The van der Waals surface area contributed by atoms with E-state index < -0.39 is 0 Å². The molecule has 0 fully saturated rings. The molecular weight excluding hydrogens is 244 g/mol. The second-order valence-corrected chi connectivity index (χ2v) is 7.40. The molecule has 1 aromatic rings. The summed E-state index contributed by atoms with van der Waals surface area (Å²) in [6.07, 6.45) is 1.11. The van der Waals surface area contributed by atoms with Gasteiger partial charge in [0.2, 0.25) is 0 Å². The van der Waals surface area contributed by atoms with Crippen LogP contribution in [0, 0.1) is 0 Å². The zero-order valence-electron chi connectivity index (χ0n) is 14.3. The van der Waals surface area contributed by atoms with Crippen molar-refractivity contribution in [2.45, 2.75) is 65.0 Å². The normalized spacial score (nSPS) is 14.7. The predicted octanol–water partition coefficient (Wildman–Crippen LogP) is 4.10. The van der Waals surface area contributed by atoms with Gasteiger partial charge in [-0.2, -0.15) is 0 Å². The first-order chi connectivity index (χ1) is 9.13. The van der Waals surface area contributed by atoms with E-state index in [1.54, 1.807) is 0 Å². The zero-order valence-corrected chi connectivity index (χ0v) is 14.3. The van der Waals surface area contributed by atoms with Crippen LogP contribution in [0.3, 0.4) is 0 Å². The average Bonchev–Trinajstić information content (AvgIpc) is 2.39. The quantitative estimate of drug-likeness (QED) is 0.877. The number of likely N-dealkylation sites (N-methyl/N-ethyl adjacent to an activating group) is 1. The van der Waals surface area contributed by atoms with Gasteiger partial charge in [0.15, 0.2) is 0 Å². The Hall–Kier alpha value is -0.860. The van der Waals surface area contributed by atoms with Crippen LogP contribution >= 0.6 is 0 Å². The van der Waals surface area contributed by atoms with Crippen LogP contribution in [-0.2, 0) is 5.41 Å². The van der Waals surface area contributed by atoms with Crippen molar-refractivity contribution in [1.29, 1.82) is 0 Å². The molecule has 20 heavy (non-hydrogen) atoms. The van der Waals surface area contributed by atoms with E-state index in [1.807, 2.05) is 0 Å². The van der Waals surface area contributed by atoms with Gasteiger partial charge in [-0.1, -0.05) is 52.0 Å². The third-order valence-corrected chi connectivity index (χ3v) is 4.67. The fraction of sp³-hybridized carbons (Fsp3) is 0.667. The number of nitrogens with two attached hydrogens (primary N) is 1. The maximum Gasteiger partial charge on any atom is 0.0472 e. The molecule has 0 aromatic heterocycles. The summed E-state index contributed by atoms with van der Waals surface area (Å²) >= 11 is 0. The van der Waals surface area contributed by atoms with Crippen LogP contribution in [0.4, 0.5) is 0 Å². The predicted molar refractivity (Wildman–Crippen MR) is 89.1 cm³/mol. The summed E-state index contributed by atoms with van der Waals surface area (Å²) in [4.78, 5) is 2.40. The van der Waals surface area contributed by atoms with Gasteiger partial charge >= 0.3 is 0 Å². The van der Waals surface area contributed by atoms with Gasteiger partial charge in [0.05, 0.1) is 0 Å². The van der Waals surface area contributed by atoms with Crippen molar-refractivity contribution in [1.82, 2.24) is 4.90 Å². The van der Waals surface area contributed by atoms with E-state index in [0.717, 1.165) is 6.42 Å². The second kappa shape index (κ2) is 6.28. The highest BCUT2D eigenvalue weighted by molar-refractivity contribution is 5.29. The fourth-order valence-corrected chi connectivity index (χ4v) is 2.39. The van der Waals surface area contributed by atoms with Crippen molar-refractivity contribution >= 4 is 0 Å². The highest BCUT2D eigenvalue weighted by Crippen LogP contribution is 2.30. The van der Waals surface area contributed by atoms with Crippen LogP contribution < -0.4 is 5.73 Å². The van der Waals surface area contributed by atoms with Crippen LogP contribution in [0.2, 0.25) is 0 Å². The molecule has 1 rings (SSSR count). The lowest BCUT2D eigenvalue weighted by atomic mass is 9.86. The Kier molecular flexibility index (Phi) is 5.39. The first-order valence-corrected chi connectivity index (χ1v) is 7.67. The van der Waals surface area contributed by atoms with Gasteiger partial charge in [0.1, 0.15) is 0 Å². The van der Waals surface area contributed by atoms with E-state index in [2.05, 4.69) is 77.8 Å². The van der Waals surface area contributed by atoms with Crippen LogP contribution in [0.15, 0.2) is 24.3 Å². The average molecular weight is 276 g/mol. The van der Waals surface area contributed by atoms with E-state index in [1.165, 1.54) is 11.1 Å². The Balaban J connectivity index is 3.02. The van der Waals surface area contributed by atoms with Gasteiger partial charge in [-0.25, -0.2) is 0 Å². The van der Waals surface area contributed by atoms with Gasteiger partial charge in [0, 0.05) is 18.1 Å². The van der Waals surface area contributed by atoms with E-state index >= 15 is 0 Å². The van der Waals surface area contributed by atoms with Gasteiger partial charge in [-0.05, 0) is 43.9 Å². The van der Waals surface area contributed by atoms with Crippen molar-refractivity contribution < 1.29 is 0 Å². The second-order valence-electron chi connectivity index (χ2n) is 7.40. The molecule has 0 saturated carbocycles. The Morgan fingerprint density at radius 2 is 1.55 bits per heavy atom. The molecule has 1 atom stereocenters. The number of hydrogen-bond acceptors (Lipinski definition) is 2. The molecule has 0 spiro atoms. The van der Waals surface area contributed by atoms with Gasteiger partial charge in [-0.15, -0.1) is 0 Å².